The molecule has 1 heterocycles. The van der Waals surface area contributed by atoms with E-state index >= 15 is 0 Å². The fourth-order valence-electron chi connectivity index (χ4n) is 1.97. The largest absolute Gasteiger partial charge is 0.348 e. The molecular formula is C14H28O3S. The molecule has 0 amide bonds. The lowest BCUT2D eigenvalue weighted by atomic mass is 10.1. The molecule has 0 aliphatic carbocycles. The summed E-state index contributed by atoms with van der Waals surface area (Å²) in [6, 6.07) is 0. The highest BCUT2D eigenvalue weighted by molar-refractivity contribution is 7.94. The molecule has 0 spiro atoms. The average molecular weight is 276 g/mol. The van der Waals surface area contributed by atoms with Crippen molar-refractivity contribution in [3.05, 3.63) is 0 Å². The molecule has 18 heavy (non-hydrogen) atoms. The molecule has 4 heteroatoms. The van der Waals surface area contributed by atoms with Gasteiger partial charge in [-0.25, -0.2) is 0 Å². The second kappa shape index (κ2) is 9.18. The minimum atomic E-state index is -0.433. The molecule has 0 saturated carbocycles. The van der Waals surface area contributed by atoms with Crippen molar-refractivity contribution in [2.24, 2.45) is 0 Å². The van der Waals surface area contributed by atoms with Gasteiger partial charge in [-0.05, 0) is 32.3 Å². The van der Waals surface area contributed by atoms with Crippen molar-refractivity contribution in [3.8, 4) is 0 Å². The summed E-state index contributed by atoms with van der Waals surface area (Å²) in [7, 11) is 0. The van der Waals surface area contributed by atoms with E-state index in [0.29, 0.717) is 13.2 Å². The first-order valence-corrected chi connectivity index (χ1v) is 8.11. The third-order valence-corrected chi connectivity index (χ3v) is 3.74. The van der Waals surface area contributed by atoms with Gasteiger partial charge in [-0.15, -0.1) is 0 Å². The van der Waals surface area contributed by atoms with E-state index in [0.717, 1.165) is 5.75 Å². The molecule has 0 aromatic carbocycles. The second-order valence-electron chi connectivity index (χ2n) is 5.32. The maximum Gasteiger partial charge on any atom is 0.163 e. The van der Waals surface area contributed by atoms with E-state index < -0.39 is 5.79 Å². The van der Waals surface area contributed by atoms with E-state index in [1.54, 1.807) is 12.0 Å². The molecule has 1 rings (SSSR count). The molecule has 0 aromatic heterocycles. The van der Waals surface area contributed by atoms with Crippen molar-refractivity contribution < 1.29 is 13.7 Å². The zero-order valence-electron chi connectivity index (χ0n) is 12.1. The summed E-state index contributed by atoms with van der Waals surface area (Å²) in [6.07, 6.45) is 8.11. The van der Waals surface area contributed by atoms with E-state index in [1.165, 1.54) is 38.5 Å². The Hall–Kier alpha value is 0.230. The number of hydrogen-bond donors (Lipinski definition) is 0. The molecule has 3 nitrogen and oxygen atoms in total. The van der Waals surface area contributed by atoms with Crippen LogP contribution in [0.15, 0.2) is 0 Å². The number of hydrogen-bond acceptors (Lipinski definition) is 4. The lowest BCUT2D eigenvalue weighted by Gasteiger charge is -2.16. The number of ether oxygens (including phenoxy) is 2. The van der Waals surface area contributed by atoms with Gasteiger partial charge in [-0.3, -0.25) is 0 Å². The van der Waals surface area contributed by atoms with Crippen molar-refractivity contribution in [1.29, 1.82) is 0 Å². The van der Waals surface area contributed by atoms with Crippen LogP contribution in [0.5, 0.6) is 0 Å². The molecule has 108 valence electrons. The smallest absolute Gasteiger partial charge is 0.163 e. The van der Waals surface area contributed by atoms with Crippen molar-refractivity contribution in [2.45, 2.75) is 71.2 Å². The highest BCUT2D eigenvalue weighted by Crippen LogP contribution is 2.23. The number of unbranched alkanes of at least 4 members (excludes halogenated alkanes) is 5. The Labute approximate surface area is 116 Å². The summed E-state index contributed by atoms with van der Waals surface area (Å²) < 4.78 is 16.7. The van der Waals surface area contributed by atoms with E-state index in [-0.39, 0.29) is 6.10 Å². The Kier molecular flexibility index (Phi) is 8.31. The first kappa shape index (κ1) is 16.3. The van der Waals surface area contributed by atoms with Crippen LogP contribution in [-0.4, -0.2) is 30.9 Å². The second-order valence-corrected chi connectivity index (χ2v) is 6.20. The summed E-state index contributed by atoms with van der Waals surface area (Å²) in [4.78, 5) is 0. The average Bonchev–Trinajstić information content (AvgIpc) is 2.67. The zero-order chi connectivity index (χ0) is 13.3. The number of rotatable bonds is 10. The molecule has 0 unspecified atom stereocenters. The van der Waals surface area contributed by atoms with Gasteiger partial charge < -0.3 is 13.7 Å². The fourth-order valence-corrected chi connectivity index (χ4v) is 2.66. The van der Waals surface area contributed by atoms with Crippen LogP contribution in [0, 0.1) is 0 Å². The Balaban J connectivity index is 1.82. The van der Waals surface area contributed by atoms with Crippen LogP contribution < -0.4 is 0 Å². The predicted octanol–water partition coefficient (Wildman–Crippen LogP) is 4.16. The monoisotopic (exact) mass is 276 g/mol. The maximum absolute atomic E-state index is 5.66. The summed E-state index contributed by atoms with van der Waals surface area (Å²) in [5.41, 5.74) is 0. The molecule has 1 aliphatic heterocycles. The van der Waals surface area contributed by atoms with Crippen LogP contribution in [0.3, 0.4) is 0 Å². The Morgan fingerprint density at radius 2 is 1.89 bits per heavy atom. The first-order valence-electron chi connectivity index (χ1n) is 7.20. The van der Waals surface area contributed by atoms with Crippen LogP contribution in [0.1, 0.15) is 59.3 Å². The highest BCUT2D eigenvalue weighted by Gasteiger charge is 2.32. The van der Waals surface area contributed by atoms with Gasteiger partial charge >= 0.3 is 0 Å². The summed E-state index contributed by atoms with van der Waals surface area (Å²) in [5.74, 6) is 0.654. The van der Waals surface area contributed by atoms with Crippen molar-refractivity contribution in [3.63, 3.8) is 0 Å². The predicted molar refractivity (Wildman–Crippen MR) is 76.7 cm³/mol. The SMILES string of the molecule is CCCCCCCCSOC[C@@H]1COC(C)(C)O1. The van der Waals surface area contributed by atoms with Gasteiger partial charge in [0.05, 0.1) is 13.2 Å². The molecule has 0 radical (unpaired) electrons. The first-order chi connectivity index (χ1) is 8.64. The molecule has 0 aromatic rings. The lowest BCUT2D eigenvalue weighted by molar-refractivity contribution is -0.141. The van der Waals surface area contributed by atoms with Crippen molar-refractivity contribution in [2.75, 3.05) is 19.0 Å². The summed E-state index contributed by atoms with van der Waals surface area (Å²) in [5, 5.41) is 0. The summed E-state index contributed by atoms with van der Waals surface area (Å²) in [6.45, 7) is 7.40. The van der Waals surface area contributed by atoms with Crippen LogP contribution in [0.2, 0.25) is 0 Å². The van der Waals surface area contributed by atoms with Gasteiger partial charge in [-0.1, -0.05) is 39.0 Å². The third kappa shape index (κ3) is 7.62. The van der Waals surface area contributed by atoms with Crippen LogP contribution in [0.25, 0.3) is 0 Å². The zero-order valence-corrected chi connectivity index (χ0v) is 12.9. The van der Waals surface area contributed by atoms with Crippen molar-refractivity contribution >= 4 is 12.0 Å². The fraction of sp³-hybridized carbons (Fsp3) is 1.00. The van der Waals surface area contributed by atoms with Crippen LogP contribution in [0.4, 0.5) is 0 Å². The standard InChI is InChI=1S/C14H28O3S/c1-4-5-6-7-8-9-10-18-16-12-13-11-15-14(2,3)17-13/h13H,4-12H2,1-3H3/t13-/m0/s1. The Morgan fingerprint density at radius 1 is 1.17 bits per heavy atom. The third-order valence-electron chi connectivity index (χ3n) is 2.99. The molecule has 1 saturated heterocycles. The lowest BCUT2D eigenvalue weighted by Crippen LogP contribution is -2.23. The van der Waals surface area contributed by atoms with Gasteiger partial charge in [0.15, 0.2) is 5.79 Å². The topological polar surface area (TPSA) is 27.7 Å². The van der Waals surface area contributed by atoms with Gasteiger partial charge in [0.1, 0.15) is 6.10 Å². The highest BCUT2D eigenvalue weighted by atomic mass is 32.2. The van der Waals surface area contributed by atoms with E-state index in [2.05, 4.69) is 6.92 Å². The molecule has 0 bridgehead atoms. The van der Waals surface area contributed by atoms with Gasteiger partial charge in [0, 0.05) is 5.75 Å². The van der Waals surface area contributed by atoms with E-state index in [1.807, 2.05) is 13.8 Å². The normalized spacial score (nSPS) is 22.5. The van der Waals surface area contributed by atoms with Crippen LogP contribution >= 0.6 is 12.0 Å². The van der Waals surface area contributed by atoms with Gasteiger partial charge in [0.25, 0.3) is 0 Å². The minimum Gasteiger partial charge on any atom is -0.348 e. The quantitative estimate of drug-likeness (QED) is 0.442. The molecule has 1 atom stereocenters. The van der Waals surface area contributed by atoms with Gasteiger partial charge in [-0.2, -0.15) is 0 Å². The van der Waals surface area contributed by atoms with E-state index in [9.17, 15) is 0 Å². The maximum atomic E-state index is 5.66. The minimum absolute atomic E-state index is 0.0945. The molecule has 1 aliphatic rings. The molecule has 1 fully saturated rings. The van der Waals surface area contributed by atoms with Crippen LogP contribution in [-0.2, 0) is 13.7 Å². The van der Waals surface area contributed by atoms with Crippen molar-refractivity contribution in [1.82, 2.24) is 0 Å². The van der Waals surface area contributed by atoms with Gasteiger partial charge in [0.2, 0.25) is 0 Å². The summed E-state index contributed by atoms with van der Waals surface area (Å²) >= 11 is 1.57. The Bertz CT molecular complexity index is 209. The molecule has 0 N–H and O–H groups in total. The molecular weight excluding hydrogens is 248 g/mol. The Morgan fingerprint density at radius 3 is 2.56 bits per heavy atom. The van der Waals surface area contributed by atoms with E-state index in [4.69, 9.17) is 13.7 Å².